The highest BCUT2D eigenvalue weighted by molar-refractivity contribution is 5.98. The molecule has 0 saturated heterocycles. The van der Waals surface area contributed by atoms with Crippen molar-refractivity contribution in [2.75, 3.05) is 13.7 Å². The molecule has 5 fully saturated rings. The molecule has 9 heteroatoms. The second kappa shape index (κ2) is 11.7. The van der Waals surface area contributed by atoms with Crippen LogP contribution in [0.5, 0.6) is 11.5 Å². The van der Waals surface area contributed by atoms with Crippen LogP contribution in [0, 0.1) is 40.4 Å². The Kier molecular flexibility index (Phi) is 8.25. The van der Waals surface area contributed by atoms with E-state index in [1.165, 1.54) is 19.6 Å². The van der Waals surface area contributed by atoms with Crippen molar-refractivity contribution in [3.63, 3.8) is 0 Å². The van der Waals surface area contributed by atoms with Crippen molar-refractivity contribution < 1.29 is 29.0 Å². The van der Waals surface area contributed by atoms with Crippen LogP contribution < -0.4 is 20.1 Å². The number of fused-ring (bicyclic) bond motifs is 3. The molecular formula is C31H41N3O6. The number of amides is 2. The first-order chi connectivity index (χ1) is 19.2. The molecule has 2 unspecified atom stereocenters. The van der Waals surface area contributed by atoms with E-state index in [0.717, 1.165) is 38.5 Å². The number of aliphatic carboxylic acids is 1. The van der Waals surface area contributed by atoms with Crippen molar-refractivity contribution in [1.29, 1.82) is 5.26 Å². The fourth-order valence-electron chi connectivity index (χ4n) is 7.34. The lowest BCUT2D eigenvalue weighted by molar-refractivity contribution is -0.143. The Labute approximate surface area is 236 Å². The fraction of sp³-hybridized carbons (Fsp3) is 0.677. The number of nitrogens with one attached hydrogen (secondary N) is 2. The Hall–Kier alpha value is -3.28. The van der Waals surface area contributed by atoms with Crippen LogP contribution in [0.1, 0.15) is 93.5 Å². The van der Waals surface area contributed by atoms with E-state index in [1.54, 1.807) is 6.07 Å². The number of carboxylic acids is 1. The summed E-state index contributed by atoms with van der Waals surface area (Å²) in [7, 11) is 1.46. The molecule has 40 heavy (non-hydrogen) atoms. The molecule has 2 amide bonds. The predicted octanol–water partition coefficient (Wildman–Crippen LogP) is 4.43. The van der Waals surface area contributed by atoms with Gasteiger partial charge in [0.2, 0.25) is 5.91 Å². The number of hydrogen-bond acceptors (Lipinski definition) is 6. The summed E-state index contributed by atoms with van der Waals surface area (Å²) in [5, 5.41) is 25.5. The summed E-state index contributed by atoms with van der Waals surface area (Å²) >= 11 is 0. The third kappa shape index (κ3) is 5.77. The van der Waals surface area contributed by atoms with Gasteiger partial charge in [-0.05, 0) is 87.5 Å². The smallest absolute Gasteiger partial charge is 0.306 e. The van der Waals surface area contributed by atoms with Crippen molar-refractivity contribution >= 4 is 17.8 Å². The molecule has 1 aromatic carbocycles. The van der Waals surface area contributed by atoms with Gasteiger partial charge in [-0.15, -0.1) is 0 Å². The number of carbonyl (C=O) groups is 3. The number of carbonyl (C=O) groups excluding carboxylic acids is 2. The topological polar surface area (TPSA) is 138 Å². The van der Waals surface area contributed by atoms with E-state index in [-0.39, 0.29) is 69.9 Å². The molecule has 0 radical (unpaired) electrons. The number of hydrogen-bond donors (Lipinski definition) is 3. The zero-order chi connectivity index (χ0) is 28.4. The lowest BCUT2D eigenvalue weighted by Crippen LogP contribution is -2.58. The number of rotatable bonds is 9. The van der Waals surface area contributed by atoms with Crippen molar-refractivity contribution in [2.45, 2.75) is 89.7 Å². The molecule has 5 saturated carbocycles. The summed E-state index contributed by atoms with van der Waals surface area (Å²) < 4.78 is 11.7. The van der Waals surface area contributed by atoms with Gasteiger partial charge in [-0.1, -0.05) is 13.3 Å². The number of nitrogens with zero attached hydrogens (tertiary/aromatic N) is 1. The number of ether oxygens (including phenoxy) is 2. The molecule has 216 valence electrons. The Balaban J connectivity index is 1.33. The minimum atomic E-state index is -0.791. The van der Waals surface area contributed by atoms with Crippen molar-refractivity contribution in [3.05, 3.63) is 23.3 Å². The van der Waals surface area contributed by atoms with Gasteiger partial charge >= 0.3 is 5.97 Å². The first-order valence-corrected chi connectivity index (χ1v) is 14.8. The normalized spacial score (nSPS) is 30.3. The van der Waals surface area contributed by atoms with Gasteiger partial charge in [0.15, 0.2) is 0 Å². The maximum atomic E-state index is 13.7. The molecule has 3 N–H and O–H groups in total. The molecule has 1 aromatic rings. The molecule has 5 aliphatic carbocycles. The zero-order valence-electron chi connectivity index (χ0n) is 23.5. The second-order valence-electron chi connectivity index (χ2n) is 12.7. The Morgan fingerprint density at radius 3 is 2.27 bits per heavy atom. The molecule has 0 heterocycles. The van der Waals surface area contributed by atoms with Crippen LogP contribution in [0.2, 0.25) is 0 Å². The maximum Gasteiger partial charge on any atom is 0.306 e. The van der Waals surface area contributed by atoms with E-state index >= 15 is 0 Å². The standard InChI is InChI=1S/C31H41N3O6/c1-31(12-3-13-31)17-33-29(36)26-18-4-6-19(7-5-18)27(26)34-28(35)23-15-24(21(16-32)14-25(23)39-2)40-22-10-8-20(9-11-22)30(37)38/h14-15,18-20,22,26-27H,3-13,17H2,1-2H3,(H,33,36)(H,34,35)(H,37,38). The highest BCUT2D eigenvalue weighted by atomic mass is 16.5. The molecule has 2 bridgehead atoms. The van der Waals surface area contributed by atoms with Crippen LogP contribution in [-0.2, 0) is 9.59 Å². The summed E-state index contributed by atoms with van der Waals surface area (Å²) in [4.78, 5) is 38.5. The lowest BCUT2D eigenvalue weighted by Gasteiger charge is -2.48. The Morgan fingerprint density at radius 1 is 1.02 bits per heavy atom. The summed E-state index contributed by atoms with van der Waals surface area (Å²) in [6, 6.07) is 4.95. The van der Waals surface area contributed by atoms with E-state index in [9.17, 15) is 24.8 Å². The highest BCUT2D eigenvalue weighted by Crippen LogP contribution is 2.46. The van der Waals surface area contributed by atoms with E-state index in [4.69, 9.17) is 9.47 Å². The molecule has 0 aliphatic heterocycles. The molecule has 9 nitrogen and oxygen atoms in total. The van der Waals surface area contributed by atoms with Crippen molar-refractivity contribution in [3.8, 4) is 17.6 Å². The average Bonchev–Trinajstić information content (AvgIpc) is 2.95. The summed E-state index contributed by atoms with van der Waals surface area (Å²) in [5.74, 6) is -0.662. The Morgan fingerprint density at radius 2 is 1.70 bits per heavy atom. The maximum absolute atomic E-state index is 13.7. The lowest BCUT2D eigenvalue weighted by atomic mass is 9.61. The number of nitriles is 1. The quantitative estimate of drug-likeness (QED) is 0.413. The monoisotopic (exact) mass is 551 g/mol. The third-order valence-corrected chi connectivity index (χ3v) is 10.1. The van der Waals surface area contributed by atoms with Crippen LogP contribution in [0.4, 0.5) is 0 Å². The van der Waals surface area contributed by atoms with Crippen LogP contribution >= 0.6 is 0 Å². The molecular weight excluding hydrogens is 510 g/mol. The SMILES string of the molecule is COc1cc(C#N)c(OC2CCC(C(=O)O)CC2)cc1C(=O)NC1C2CCC(CC2)C1C(=O)NCC1(C)CCC1. The van der Waals surface area contributed by atoms with Gasteiger partial charge in [-0.2, -0.15) is 5.26 Å². The van der Waals surface area contributed by atoms with Crippen molar-refractivity contribution in [2.24, 2.45) is 29.1 Å². The highest BCUT2D eigenvalue weighted by Gasteiger charge is 2.48. The minimum Gasteiger partial charge on any atom is -0.496 e. The first-order valence-electron chi connectivity index (χ1n) is 14.8. The van der Waals surface area contributed by atoms with Gasteiger partial charge in [0.05, 0.1) is 36.2 Å². The second-order valence-corrected chi connectivity index (χ2v) is 12.7. The van der Waals surface area contributed by atoms with Gasteiger partial charge in [-0.25, -0.2) is 0 Å². The summed E-state index contributed by atoms with van der Waals surface area (Å²) in [5.41, 5.74) is 0.701. The molecule has 0 spiro atoms. The predicted molar refractivity (Wildman–Crippen MR) is 147 cm³/mol. The summed E-state index contributed by atoms with van der Waals surface area (Å²) in [6.45, 7) is 2.90. The van der Waals surface area contributed by atoms with Crippen LogP contribution in [-0.4, -0.2) is 48.7 Å². The number of benzene rings is 1. The van der Waals surface area contributed by atoms with E-state index < -0.39 is 5.97 Å². The van der Waals surface area contributed by atoms with Crippen LogP contribution in [0.25, 0.3) is 0 Å². The largest absolute Gasteiger partial charge is 0.496 e. The number of methoxy groups -OCH3 is 1. The number of carboxylic acid groups (broad SMARTS) is 1. The third-order valence-electron chi connectivity index (χ3n) is 10.1. The zero-order valence-corrected chi connectivity index (χ0v) is 23.5. The first kappa shape index (κ1) is 28.3. The summed E-state index contributed by atoms with van der Waals surface area (Å²) in [6.07, 6.45) is 9.41. The molecule has 6 rings (SSSR count). The Bertz CT molecular complexity index is 1170. The van der Waals surface area contributed by atoms with E-state index in [0.29, 0.717) is 38.0 Å². The van der Waals surface area contributed by atoms with Gasteiger partial charge in [0.1, 0.15) is 17.6 Å². The van der Waals surface area contributed by atoms with Gasteiger partial charge < -0.3 is 25.2 Å². The fourth-order valence-corrected chi connectivity index (χ4v) is 7.34. The van der Waals surface area contributed by atoms with Gasteiger partial charge in [0, 0.05) is 18.7 Å². The average molecular weight is 552 g/mol. The van der Waals surface area contributed by atoms with E-state index in [2.05, 4.69) is 23.6 Å². The molecule has 0 aromatic heterocycles. The van der Waals surface area contributed by atoms with Crippen LogP contribution in [0.3, 0.4) is 0 Å². The van der Waals surface area contributed by atoms with E-state index in [1.807, 2.05) is 0 Å². The van der Waals surface area contributed by atoms with Crippen LogP contribution in [0.15, 0.2) is 12.1 Å². The molecule has 5 aliphatic rings. The minimum absolute atomic E-state index is 0.0422. The molecule has 2 atom stereocenters. The van der Waals surface area contributed by atoms with Gasteiger partial charge in [-0.3, -0.25) is 14.4 Å². The van der Waals surface area contributed by atoms with Gasteiger partial charge in [0.25, 0.3) is 5.91 Å². The van der Waals surface area contributed by atoms with Crippen molar-refractivity contribution in [1.82, 2.24) is 10.6 Å².